The van der Waals surface area contributed by atoms with Gasteiger partial charge >= 0.3 is 0 Å². The molecular weight excluding hydrogens is 454 g/mol. The zero-order valence-corrected chi connectivity index (χ0v) is 17.5. The number of halogens is 3. The van der Waals surface area contributed by atoms with Crippen LogP contribution in [0.3, 0.4) is 0 Å². The van der Waals surface area contributed by atoms with Gasteiger partial charge in [-0.1, -0.05) is 17.7 Å². The predicted molar refractivity (Wildman–Crippen MR) is 110 cm³/mol. The Kier molecular flexibility index (Phi) is 6.66. The Morgan fingerprint density at radius 1 is 1.23 bits per heavy atom. The molecule has 1 heterocycles. The lowest BCUT2D eigenvalue weighted by Gasteiger charge is -2.12. The quantitative estimate of drug-likeness (QED) is 0.521. The first-order valence-corrected chi connectivity index (χ1v) is 10.9. The lowest BCUT2D eigenvalue weighted by Crippen LogP contribution is -2.15. The molecule has 2 N–H and O–H groups in total. The Bertz CT molecular complexity index is 1240. The fourth-order valence-electron chi connectivity index (χ4n) is 2.40. The summed E-state index contributed by atoms with van der Waals surface area (Å²) in [5.74, 6) is -1.89. The summed E-state index contributed by atoms with van der Waals surface area (Å²) in [6, 6.07) is 10.4. The lowest BCUT2D eigenvalue weighted by molar-refractivity contribution is 0.102. The molecule has 0 radical (unpaired) electrons. The smallest absolute Gasteiger partial charge is 0.261 e. The molecule has 1 atom stereocenters. The minimum absolute atomic E-state index is 0.00695. The van der Waals surface area contributed by atoms with Crippen LogP contribution in [0.25, 0.3) is 0 Å². The molecule has 0 aliphatic rings. The first kappa shape index (κ1) is 22.4. The molecule has 0 saturated heterocycles. The zero-order chi connectivity index (χ0) is 22.6. The summed E-state index contributed by atoms with van der Waals surface area (Å²) in [6.07, 6.45) is 1.25. The van der Waals surface area contributed by atoms with Gasteiger partial charge < -0.3 is 14.8 Å². The highest BCUT2D eigenvalue weighted by atomic mass is 35.5. The maximum atomic E-state index is 13.3. The van der Waals surface area contributed by atoms with Crippen LogP contribution in [0, 0.1) is 10.6 Å². The molecule has 0 fully saturated rings. The summed E-state index contributed by atoms with van der Waals surface area (Å²) in [7, 11) is -3.00. The summed E-state index contributed by atoms with van der Waals surface area (Å²) in [5.41, 5.74) is 0.0622. The Balaban J connectivity index is 1.95. The standard InChI is InChI=1S/C19H15ClF2N4O4S/c1-31(23,28)13-4-2-3-12(8-13)24-18(27)14-9-17(29-10-21)25-26-19(14)30-16-6-5-11(22)7-15(16)20/h2-9,23H,10H2,1H3,(H,24,27). The van der Waals surface area contributed by atoms with Crippen LogP contribution in [0.4, 0.5) is 14.5 Å². The van der Waals surface area contributed by atoms with E-state index in [9.17, 15) is 17.8 Å². The van der Waals surface area contributed by atoms with Gasteiger partial charge in [0.1, 0.15) is 17.1 Å². The molecule has 0 aliphatic carbocycles. The van der Waals surface area contributed by atoms with Gasteiger partial charge in [-0.05, 0) is 36.4 Å². The number of amides is 1. The van der Waals surface area contributed by atoms with E-state index in [0.717, 1.165) is 18.2 Å². The van der Waals surface area contributed by atoms with Gasteiger partial charge in [0.2, 0.25) is 12.7 Å². The molecule has 162 valence electrons. The fraction of sp³-hybridized carbons (Fsp3) is 0.105. The van der Waals surface area contributed by atoms with Crippen molar-refractivity contribution in [2.45, 2.75) is 4.90 Å². The highest BCUT2D eigenvalue weighted by Crippen LogP contribution is 2.31. The van der Waals surface area contributed by atoms with Crippen LogP contribution in [-0.2, 0) is 9.73 Å². The van der Waals surface area contributed by atoms with Crippen molar-refractivity contribution in [2.75, 3.05) is 18.4 Å². The molecule has 31 heavy (non-hydrogen) atoms. The number of benzene rings is 2. The predicted octanol–water partition coefficient (Wildman–Crippen LogP) is 4.65. The average Bonchev–Trinajstić information content (AvgIpc) is 2.71. The number of carbonyl (C=O) groups excluding carboxylic acids is 1. The Hall–Kier alpha value is -3.31. The van der Waals surface area contributed by atoms with Crippen molar-refractivity contribution in [3.63, 3.8) is 0 Å². The number of ether oxygens (including phenoxy) is 2. The van der Waals surface area contributed by atoms with Crippen molar-refractivity contribution in [1.29, 1.82) is 4.78 Å². The summed E-state index contributed by atoms with van der Waals surface area (Å²) in [4.78, 5) is 13.1. The molecule has 0 spiro atoms. The summed E-state index contributed by atoms with van der Waals surface area (Å²) in [5, 5.41) is 9.81. The SMILES string of the molecule is CS(=N)(=O)c1cccc(NC(=O)c2cc(OCF)nnc2Oc2ccc(F)cc2Cl)c1. The third-order valence-electron chi connectivity index (χ3n) is 3.83. The Morgan fingerprint density at radius 2 is 2.00 bits per heavy atom. The van der Waals surface area contributed by atoms with E-state index < -0.39 is 28.3 Å². The molecule has 0 saturated carbocycles. The van der Waals surface area contributed by atoms with E-state index in [1.165, 1.54) is 36.6 Å². The molecule has 1 aromatic heterocycles. The van der Waals surface area contributed by atoms with Gasteiger partial charge in [0.15, 0.2) is 0 Å². The van der Waals surface area contributed by atoms with Crippen molar-refractivity contribution in [3.05, 3.63) is 64.9 Å². The van der Waals surface area contributed by atoms with Crippen LogP contribution in [0.15, 0.2) is 53.4 Å². The van der Waals surface area contributed by atoms with E-state index >= 15 is 0 Å². The number of hydrogen-bond donors (Lipinski definition) is 2. The molecule has 2 aromatic carbocycles. The number of aromatic nitrogens is 2. The number of anilines is 1. The molecular formula is C19H15ClF2N4O4S. The molecule has 0 aliphatic heterocycles. The maximum Gasteiger partial charge on any atom is 0.261 e. The highest BCUT2D eigenvalue weighted by Gasteiger charge is 2.20. The largest absolute Gasteiger partial charge is 0.445 e. The van der Waals surface area contributed by atoms with E-state index in [0.29, 0.717) is 0 Å². The van der Waals surface area contributed by atoms with E-state index in [-0.39, 0.29) is 38.7 Å². The molecule has 0 bridgehead atoms. The molecule has 1 unspecified atom stereocenters. The van der Waals surface area contributed by atoms with E-state index in [1.807, 2.05) is 0 Å². The minimum atomic E-state index is -3.00. The normalized spacial score (nSPS) is 12.6. The number of nitrogens with one attached hydrogen (secondary N) is 2. The van der Waals surface area contributed by atoms with Crippen LogP contribution in [0.1, 0.15) is 10.4 Å². The van der Waals surface area contributed by atoms with E-state index in [2.05, 4.69) is 20.3 Å². The second-order valence-electron chi connectivity index (χ2n) is 6.16. The topological polar surface area (TPSA) is 114 Å². The fourth-order valence-corrected chi connectivity index (χ4v) is 3.30. The van der Waals surface area contributed by atoms with Gasteiger partial charge in [0, 0.05) is 22.9 Å². The molecule has 1 amide bonds. The number of alkyl halides is 1. The number of hydrogen-bond acceptors (Lipinski definition) is 7. The van der Waals surface area contributed by atoms with Crippen molar-refractivity contribution < 1.29 is 27.3 Å². The highest BCUT2D eigenvalue weighted by molar-refractivity contribution is 7.91. The van der Waals surface area contributed by atoms with E-state index in [1.54, 1.807) is 0 Å². The average molecular weight is 469 g/mol. The maximum absolute atomic E-state index is 13.3. The second kappa shape index (κ2) is 9.23. The molecule has 3 aromatic rings. The molecule has 3 rings (SSSR count). The summed E-state index contributed by atoms with van der Waals surface area (Å²) in [6.45, 7) is -1.20. The van der Waals surface area contributed by atoms with Gasteiger partial charge in [0.05, 0.1) is 14.8 Å². The number of carbonyl (C=O) groups is 1. The monoisotopic (exact) mass is 468 g/mol. The van der Waals surface area contributed by atoms with Gasteiger partial charge in [-0.2, -0.15) is 0 Å². The van der Waals surface area contributed by atoms with Crippen LogP contribution >= 0.6 is 11.6 Å². The second-order valence-corrected chi connectivity index (χ2v) is 8.72. The van der Waals surface area contributed by atoms with Gasteiger partial charge in [-0.25, -0.2) is 17.8 Å². The van der Waals surface area contributed by atoms with Crippen LogP contribution in [-0.4, -0.2) is 33.4 Å². The van der Waals surface area contributed by atoms with Crippen LogP contribution in [0.5, 0.6) is 17.5 Å². The van der Waals surface area contributed by atoms with Crippen LogP contribution in [0.2, 0.25) is 5.02 Å². The van der Waals surface area contributed by atoms with Crippen molar-refractivity contribution in [3.8, 4) is 17.5 Å². The zero-order valence-electron chi connectivity index (χ0n) is 15.9. The van der Waals surface area contributed by atoms with Crippen molar-refractivity contribution in [2.24, 2.45) is 0 Å². The van der Waals surface area contributed by atoms with E-state index in [4.69, 9.17) is 21.1 Å². The van der Waals surface area contributed by atoms with Crippen LogP contribution < -0.4 is 14.8 Å². The summed E-state index contributed by atoms with van der Waals surface area (Å²) >= 11 is 5.95. The number of rotatable bonds is 7. The minimum Gasteiger partial charge on any atom is -0.445 e. The Labute approximate surface area is 181 Å². The Morgan fingerprint density at radius 3 is 2.68 bits per heavy atom. The van der Waals surface area contributed by atoms with Crippen molar-refractivity contribution in [1.82, 2.24) is 10.2 Å². The molecule has 12 heteroatoms. The van der Waals surface area contributed by atoms with Gasteiger partial charge in [0.25, 0.3) is 11.8 Å². The third kappa shape index (κ3) is 5.64. The first-order chi connectivity index (χ1) is 14.7. The lowest BCUT2D eigenvalue weighted by atomic mass is 10.2. The van der Waals surface area contributed by atoms with Crippen molar-refractivity contribution >= 4 is 32.9 Å². The van der Waals surface area contributed by atoms with Gasteiger partial charge in [-0.3, -0.25) is 4.79 Å². The third-order valence-corrected chi connectivity index (χ3v) is 5.28. The summed E-state index contributed by atoms with van der Waals surface area (Å²) < 4.78 is 55.6. The first-order valence-electron chi connectivity index (χ1n) is 8.52. The number of nitrogens with zero attached hydrogens (tertiary/aromatic N) is 2. The molecule has 8 nitrogen and oxygen atoms in total. The van der Waals surface area contributed by atoms with Gasteiger partial charge in [-0.15, -0.1) is 10.2 Å².